The number of hydrogen-bond donors (Lipinski definition) is 0. The van der Waals surface area contributed by atoms with E-state index in [4.69, 9.17) is 4.74 Å². The van der Waals surface area contributed by atoms with E-state index in [9.17, 15) is 4.79 Å². The first-order valence-corrected chi connectivity index (χ1v) is 9.97. The zero-order valence-corrected chi connectivity index (χ0v) is 16.3. The fraction of sp³-hybridized carbons (Fsp3) is 0.304. The topological polar surface area (TPSA) is 68.2 Å². The van der Waals surface area contributed by atoms with Crippen molar-refractivity contribution in [2.75, 3.05) is 19.7 Å². The second kappa shape index (κ2) is 9.39. The normalized spacial score (nSPS) is 16.6. The Morgan fingerprint density at radius 2 is 1.83 bits per heavy atom. The molecule has 1 aromatic carbocycles. The number of ether oxygens (including phenoxy) is 1. The van der Waals surface area contributed by atoms with Crippen molar-refractivity contribution in [3.8, 4) is 11.4 Å². The summed E-state index contributed by atoms with van der Waals surface area (Å²) in [4.78, 5) is 27.4. The Hall–Kier alpha value is -3.12. The lowest BCUT2D eigenvalue weighted by molar-refractivity contribution is -0.0255. The molecule has 148 valence electrons. The van der Waals surface area contributed by atoms with Crippen LogP contribution in [0.25, 0.3) is 11.4 Å². The molecule has 29 heavy (non-hydrogen) atoms. The van der Waals surface area contributed by atoms with E-state index in [1.807, 2.05) is 23.1 Å². The van der Waals surface area contributed by atoms with Gasteiger partial charge in [0.05, 0.1) is 18.3 Å². The third-order valence-electron chi connectivity index (χ3n) is 5.10. The Kier molecular flexibility index (Phi) is 6.22. The highest BCUT2D eigenvalue weighted by atomic mass is 16.5. The van der Waals surface area contributed by atoms with Crippen LogP contribution in [-0.4, -0.2) is 51.6 Å². The van der Waals surface area contributed by atoms with Crippen molar-refractivity contribution in [1.29, 1.82) is 0 Å². The van der Waals surface area contributed by atoms with E-state index < -0.39 is 0 Å². The fourth-order valence-electron chi connectivity index (χ4n) is 3.53. The number of benzene rings is 1. The summed E-state index contributed by atoms with van der Waals surface area (Å²) in [6.45, 7) is 1.78. The summed E-state index contributed by atoms with van der Waals surface area (Å²) in [5, 5.41) is 0. The van der Waals surface area contributed by atoms with Gasteiger partial charge in [-0.3, -0.25) is 9.78 Å². The van der Waals surface area contributed by atoms with E-state index >= 15 is 0 Å². The number of aryl methyl sites for hydroxylation is 1. The van der Waals surface area contributed by atoms with Crippen LogP contribution in [0.15, 0.2) is 67.3 Å². The van der Waals surface area contributed by atoms with Gasteiger partial charge in [-0.1, -0.05) is 30.3 Å². The molecule has 0 aliphatic carbocycles. The van der Waals surface area contributed by atoms with Crippen molar-refractivity contribution in [1.82, 2.24) is 19.9 Å². The molecule has 0 saturated carbocycles. The standard InChI is InChI=1S/C23H24N4O2/c28-23(20-15-25-22(26-16-20)19-9-11-24-12-10-19)27-13-14-29-21(17-27)8-4-7-18-5-2-1-3-6-18/h1-3,5-6,9-12,15-16,21H,4,7-8,13-14,17H2/t21-/m0/s1. The van der Waals surface area contributed by atoms with Crippen LogP contribution in [0.3, 0.4) is 0 Å². The van der Waals surface area contributed by atoms with Gasteiger partial charge in [0.25, 0.3) is 5.91 Å². The molecule has 0 unspecified atom stereocenters. The van der Waals surface area contributed by atoms with E-state index in [2.05, 4.69) is 39.2 Å². The molecule has 6 nitrogen and oxygen atoms in total. The number of amides is 1. The zero-order chi connectivity index (χ0) is 19.9. The van der Waals surface area contributed by atoms with Crippen LogP contribution in [0.4, 0.5) is 0 Å². The van der Waals surface area contributed by atoms with Gasteiger partial charge in [0.1, 0.15) is 0 Å². The molecule has 4 rings (SSSR count). The first-order chi connectivity index (χ1) is 14.3. The summed E-state index contributed by atoms with van der Waals surface area (Å²) in [5.41, 5.74) is 2.72. The molecule has 0 bridgehead atoms. The second-order valence-corrected chi connectivity index (χ2v) is 7.15. The fourth-order valence-corrected chi connectivity index (χ4v) is 3.53. The van der Waals surface area contributed by atoms with Gasteiger partial charge in [-0.15, -0.1) is 0 Å². The second-order valence-electron chi connectivity index (χ2n) is 7.15. The average Bonchev–Trinajstić information content (AvgIpc) is 2.80. The molecule has 3 aromatic rings. The molecule has 1 atom stereocenters. The summed E-state index contributed by atoms with van der Waals surface area (Å²) in [6.07, 6.45) is 9.69. The Labute approximate surface area is 170 Å². The Morgan fingerprint density at radius 3 is 2.59 bits per heavy atom. The zero-order valence-electron chi connectivity index (χ0n) is 16.3. The summed E-state index contributed by atoms with van der Waals surface area (Å²) in [5.74, 6) is 0.548. The Balaban J connectivity index is 1.32. The number of morpholine rings is 1. The van der Waals surface area contributed by atoms with Crippen molar-refractivity contribution < 1.29 is 9.53 Å². The summed E-state index contributed by atoms with van der Waals surface area (Å²) < 4.78 is 5.88. The van der Waals surface area contributed by atoms with Crippen LogP contribution in [0.2, 0.25) is 0 Å². The molecule has 0 spiro atoms. The van der Waals surface area contributed by atoms with Crippen molar-refractivity contribution in [3.63, 3.8) is 0 Å². The molecule has 1 aliphatic rings. The maximum absolute atomic E-state index is 12.9. The van der Waals surface area contributed by atoms with Crippen molar-refractivity contribution in [2.45, 2.75) is 25.4 Å². The number of pyridine rings is 1. The van der Waals surface area contributed by atoms with Crippen molar-refractivity contribution in [3.05, 3.63) is 78.4 Å². The van der Waals surface area contributed by atoms with Gasteiger partial charge in [-0.2, -0.15) is 0 Å². The van der Waals surface area contributed by atoms with E-state index in [1.165, 1.54) is 5.56 Å². The van der Waals surface area contributed by atoms with Crippen LogP contribution in [0, 0.1) is 0 Å². The molecule has 0 N–H and O–H groups in total. The predicted molar refractivity (Wildman–Crippen MR) is 110 cm³/mol. The Bertz CT molecular complexity index is 917. The minimum atomic E-state index is -0.0392. The van der Waals surface area contributed by atoms with E-state index in [0.717, 1.165) is 24.8 Å². The number of aromatic nitrogens is 3. The first kappa shape index (κ1) is 19.2. The van der Waals surface area contributed by atoms with Crippen LogP contribution in [0.5, 0.6) is 0 Å². The summed E-state index contributed by atoms with van der Waals surface area (Å²) >= 11 is 0. The molecular formula is C23H24N4O2. The average molecular weight is 388 g/mol. The number of rotatable bonds is 6. The highest BCUT2D eigenvalue weighted by Gasteiger charge is 2.25. The smallest absolute Gasteiger partial charge is 0.257 e. The molecule has 6 heteroatoms. The molecule has 1 aliphatic heterocycles. The van der Waals surface area contributed by atoms with Gasteiger partial charge in [0.2, 0.25) is 0 Å². The highest BCUT2D eigenvalue weighted by molar-refractivity contribution is 5.93. The number of nitrogens with zero attached hydrogens (tertiary/aromatic N) is 4. The predicted octanol–water partition coefficient (Wildman–Crippen LogP) is 3.40. The van der Waals surface area contributed by atoms with E-state index in [1.54, 1.807) is 24.8 Å². The largest absolute Gasteiger partial charge is 0.375 e. The first-order valence-electron chi connectivity index (χ1n) is 9.97. The maximum atomic E-state index is 12.9. The van der Waals surface area contributed by atoms with Crippen molar-refractivity contribution in [2.24, 2.45) is 0 Å². The molecule has 1 fully saturated rings. The van der Waals surface area contributed by atoms with Gasteiger partial charge >= 0.3 is 0 Å². The quantitative estimate of drug-likeness (QED) is 0.647. The number of carbonyl (C=O) groups excluding carboxylic acids is 1. The van der Waals surface area contributed by atoms with E-state index in [0.29, 0.717) is 31.1 Å². The lowest BCUT2D eigenvalue weighted by Gasteiger charge is -2.33. The third kappa shape index (κ3) is 5.03. The maximum Gasteiger partial charge on any atom is 0.257 e. The van der Waals surface area contributed by atoms with Gasteiger partial charge in [0, 0.05) is 43.4 Å². The van der Waals surface area contributed by atoms with Crippen LogP contribution in [0.1, 0.15) is 28.8 Å². The van der Waals surface area contributed by atoms with Crippen LogP contribution in [-0.2, 0) is 11.2 Å². The third-order valence-corrected chi connectivity index (χ3v) is 5.10. The molecule has 2 aromatic heterocycles. The van der Waals surface area contributed by atoms with E-state index in [-0.39, 0.29) is 12.0 Å². The molecule has 1 saturated heterocycles. The summed E-state index contributed by atoms with van der Waals surface area (Å²) in [6, 6.07) is 14.1. The van der Waals surface area contributed by atoms with Crippen LogP contribution < -0.4 is 0 Å². The minimum Gasteiger partial charge on any atom is -0.375 e. The lowest BCUT2D eigenvalue weighted by atomic mass is 10.0. The van der Waals surface area contributed by atoms with Gasteiger partial charge in [-0.05, 0) is 37.0 Å². The number of carbonyl (C=O) groups is 1. The van der Waals surface area contributed by atoms with Gasteiger partial charge < -0.3 is 9.64 Å². The van der Waals surface area contributed by atoms with Gasteiger partial charge in [-0.25, -0.2) is 9.97 Å². The summed E-state index contributed by atoms with van der Waals surface area (Å²) in [7, 11) is 0. The van der Waals surface area contributed by atoms with Crippen LogP contribution >= 0.6 is 0 Å². The molecule has 0 radical (unpaired) electrons. The monoisotopic (exact) mass is 388 g/mol. The molecular weight excluding hydrogens is 364 g/mol. The highest BCUT2D eigenvalue weighted by Crippen LogP contribution is 2.17. The SMILES string of the molecule is O=C(c1cnc(-c2ccncc2)nc1)N1CCO[C@@H](CCCc2ccccc2)C1. The molecule has 1 amide bonds. The minimum absolute atomic E-state index is 0.0392. The number of hydrogen-bond acceptors (Lipinski definition) is 5. The lowest BCUT2D eigenvalue weighted by Crippen LogP contribution is -2.45. The van der Waals surface area contributed by atoms with Gasteiger partial charge in [0.15, 0.2) is 5.82 Å². The Morgan fingerprint density at radius 1 is 1.07 bits per heavy atom. The molecule has 3 heterocycles. The van der Waals surface area contributed by atoms with Crippen molar-refractivity contribution >= 4 is 5.91 Å².